The summed E-state index contributed by atoms with van der Waals surface area (Å²) in [6, 6.07) is -0.722. The maximum Gasteiger partial charge on any atom is 0.326 e. The standard InChI is InChI=1S/C20H39NO3/c1-3-5-6-7-8-9-10-11-12-13-14-15-17-19(22)21-18(16-4-2)20(23)24/h18H,3-17H2,1-2H3,(H,21,22)(H,23,24). The quantitative estimate of drug-likeness (QED) is 0.346. The first-order valence-corrected chi connectivity index (χ1v) is 10.1. The molecule has 0 aromatic rings. The summed E-state index contributed by atoms with van der Waals surface area (Å²) in [7, 11) is 0. The number of unbranched alkanes of at least 4 members (excludes halogenated alkanes) is 11. The molecule has 0 rings (SSSR count). The van der Waals surface area contributed by atoms with Gasteiger partial charge in [0.1, 0.15) is 6.04 Å². The van der Waals surface area contributed by atoms with Gasteiger partial charge in [0.05, 0.1) is 0 Å². The minimum atomic E-state index is -0.931. The van der Waals surface area contributed by atoms with Crippen LogP contribution in [0, 0.1) is 0 Å². The van der Waals surface area contributed by atoms with Gasteiger partial charge in [-0.25, -0.2) is 4.79 Å². The van der Waals surface area contributed by atoms with Crippen LogP contribution in [0.5, 0.6) is 0 Å². The van der Waals surface area contributed by atoms with Crippen molar-refractivity contribution in [3.05, 3.63) is 0 Å². The molecule has 0 aliphatic rings. The molecule has 2 N–H and O–H groups in total. The van der Waals surface area contributed by atoms with Crippen LogP contribution in [0.25, 0.3) is 0 Å². The number of hydrogen-bond acceptors (Lipinski definition) is 2. The van der Waals surface area contributed by atoms with E-state index >= 15 is 0 Å². The smallest absolute Gasteiger partial charge is 0.326 e. The molecule has 4 nitrogen and oxygen atoms in total. The molecule has 0 bridgehead atoms. The number of nitrogens with one attached hydrogen (secondary N) is 1. The van der Waals surface area contributed by atoms with Gasteiger partial charge in [-0.05, 0) is 12.8 Å². The van der Waals surface area contributed by atoms with E-state index in [2.05, 4.69) is 12.2 Å². The second-order valence-electron chi connectivity index (χ2n) is 6.89. The Morgan fingerprint density at radius 2 is 1.21 bits per heavy atom. The van der Waals surface area contributed by atoms with Crippen LogP contribution < -0.4 is 5.32 Å². The maximum atomic E-state index is 11.7. The number of carboxylic acids is 1. The number of hydrogen-bond donors (Lipinski definition) is 2. The fourth-order valence-corrected chi connectivity index (χ4v) is 2.94. The van der Waals surface area contributed by atoms with Gasteiger partial charge in [0.2, 0.25) is 5.91 Å². The summed E-state index contributed by atoms with van der Waals surface area (Å²) in [5.41, 5.74) is 0. The highest BCUT2D eigenvalue weighted by atomic mass is 16.4. The van der Waals surface area contributed by atoms with E-state index in [1.165, 1.54) is 64.2 Å². The summed E-state index contributed by atoms with van der Waals surface area (Å²) in [6.45, 7) is 4.17. The van der Waals surface area contributed by atoms with E-state index < -0.39 is 12.0 Å². The zero-order valence-corrected chi connectivity index (χ0v) is 15.9. The van der Waals surface area contributed by atoms with Crippen LogP contribution in [-0.4, -0.2) is 23.0 Å². The molecule has 0 saturated heterocycles. The summed E-state index contributed by atoms with van der Waals surface area (Å²) in [5.74, 6) is -1.05. The van der Waals surface area contributed by atoms with Crippen LogP contribution in [0.1, 0.15) is 110 Å². The van der Waals surface area contributed by atoms with Gasteiger partial charge in [-0.15, -0.1) is 0 Å². The molecule has 0 saturated carbocycles. The third-order valence-corrected chi connectivity index (χ3v) is 4.47. The lowest BCUT2D eigenvalue weighted by Crippen LogP contribution is -2.40. The lowest BCUT2D eigenvalue weighted by Gasteiger charge is -2.13. The van der Waals surface area contributed by atoms with E-state index in [0.29, 0.717) is 12.8 Å². The van der Waals surface area contributed by atoms with Crippen molar-refractivity contribution in [2.45, 2.75) is 116 Å². The van der Waals surface area contributed by atoms with Gasteiger partial charge in [-0.3, -0.25) is 4.79 Å². The fourth-order valence-electron chi connectivity index (χ4n) is 2.94. The van der Waals surface area contributed by atoms with E-state index in [1.807, 2.05) is 6.92 Å². The average molecular weight is 342 g/mol. The molecular weight excluding hydrogens is 302 g/mol. The van der Waals surface area contributed by atoms with E-state index in [4.69, 9.17) is 5.11 Å². The molecule has 142 valence electrons. The molecule has 0 radical (unpaired) electrons. The van der Waals surface area contributed by atoms with Crippen LogP contribution in [0.2, 0.25) is 0 Å². The van der Waals surface area contributed by atoms with Crippen molar-refractivity contribution in [2.75, 3.05) is 0 Å². The van der Waals surface area contributed by atoms with E-state index in [0.717, 1.165) is 19.3 Å². The lowest BCUT2D eigenvalue weighted by atomic mass is 10.0. The molecule has 0 aromatic carbocycles. The monoisotopic (exact) mass is 341 g/mol. The van der Waals surface area contributed by atoms with Gasteiger partial charge in [0.15, 0.2) is 0 Å². The Labute approximate surface area is 148 Å². The van der Waals surface area contributed by atoms with Crippen molar-refractivity contribution >= 4 is 11.9 Å². The Balaban J connectivity index is 3.40. The van der Waals surface area contributed by atoms with E-state index in [9.17, 15) is 9.59 Å². The van der Waals surface area contributed by atoms with Gasteiger partial charge in [0, 0.05) is 6.42 Å². The van der Waals surface area contributed by atoms with Crippen LogP contribution >= 0.6 is 0 Å². The first kappa shape index (κ1) is 22.9. The van der Waals surface area contributed by atoms with Crippen molar-refractivity contribution in [1.29, 1.82) is 0 Å². The molecule has 0 aliphatic heterocycles. The van der Waals surface area contributed by atoms with Crippen molar-refractivity contribution in [1.82, 2.24) is 5.32 Å². The van der Waals surface area contributed by atoms with Crippen molar-refractivity contribution in [3.63, 3.8) is 0 Å². The molecule has 0 fully saturated rings. The molecule has 1 amide bonds. The molecule has 1 unspecified atom stereocenters. The molecule has 4 heteroatoms. The number of carbonyl (C=O) groups is 2. The molecule has 24 heavy (non-hydrogen) atoms. The third-order valence-electron chi connectivity index (χ3n) is 4.47. The van der Waals surface area contributed by atoms with E-state index in [-0.39, 0.29) is 5.91 Å². The second-order valence-corrected chi connectivity index (χ2v) is 6.89. The number of amides is 1. The predicted octanol–water partition coefficient (Wildman–Crippen LogP) is 5.45. The summed E-state index contributed by atoms with van der Waals surface area (Å²) < 4.78 is 0. The first-order chi connectivity index (χ1) is 11.6. The number of carbonyl (C=O) groups excluding carboxylic acids is 1. The average Bonchev–Trinajstić information content (AvgIpc) is 2.55. The van der Waals surface area contributed by atoms with Gasteiger partial charge in [0.25, 0.3) is 0 Å². The topological polar surface area (TPSA) is 66.4 Å². The second kappa shape index (κ2) is 16.8. The fraction of sp³-hybridized carbons (Fsp3) is 0.900. The van der Waals surface area contributed by atoms with Crippen molar-refractivity contribution < 1.29 is 14.7 Å². The van der Waals surface area contributed by atoms with Gasteiger partial charge < -0.3 is 10.4 Å². The largest absolute Gasteiger partial charge is 0.480 e. The lowest BCUT2D eigenvalue weighted by molar-refractivity contribution is -0.142. The van der Waals surface area contributed by atoms with Gasteiger partial charge in [-0.1, -0.05) is 90.9 Å². The molecular formula is C20H39NO3. The van der Waals surface area contributed by atoms with Crippen LogP contribution in [-0.2, 0) is 9.59 Å². The van der Waals surface area contributed by atoms with Gasteiger partial charge >= 0.3 is 5.97 Å². The Morgan fingerprint density at radius 3 is 1.62 bits per heavy atom. The summed E-state index contributed by atoms with van der Waals surface area (Å²) >= 11 is 0. The third kappa shape index (κ3) is 14.5. The zero-order chi connectivity index (χ0) is 18.0. The Hall–Kier alpha value is -1.06. The minimum absolute atomic E-state index is 0.122. The highest BCUT2D eigenvalue weighted by Gasteiger charge is 2.18. The number of rotatable bonds is 17. The van der Waals surface area contributed by atoms with Crippen LogP contribution in [0.4, 0.5) is 0 Å². The number of carboxylic acid groups (broad SMARTS) is 1. The van der Waals surface area contributed by atoms with Crippen molar-refractivity contribution in [2.24, 2.45) is 0 Å². The SMILES string of the molecule is CCCCCCCCCCCCCCC(=O)NC(CCC)C(=O)O. The highest BCUT2D eigenvalue weighted by Crippen LogP contribution is 2.12. The van der Waals surface area contributed by atoms with Gasteiger partial charge in [-0.2, -0.15) is 0 Å². The number of aliphatic carboxylic acids is 1. The minimum Gasteiger partial charge on any atom is -0.480 e. The Kier molecular flexibility index (Phi) is 16.0. The first-order valence-electron chi connectivity index (χ1n) is 10.1. The predicted molar refractivity (Wildman–Crippen MR) is 100 cm³/mol. The molecule has 0 heterocycles. The van der Waals surface area contributed by atoms with Crippen LogP contribution in [0.3, 0.4) is 0 Å². The molecule has 0 spiro atoms. The summed E-state index contributed by atoms with van der Waals surface area (Å²) in [4.78, 5) is 22.7. The Morgan fingerprint density at radius 1 is 0.750 bits per heavy atom. The molecule has 1 atom stereocenters. The molecule has 0 aliphatic carbocycles. The zero-order valence-electron chi connectivity index (χ0n) is 15.9. The normalized spacial score (nSPS) is 12.1. The van der Waals surface area contributed by atoms with E-state index in [1.54, 1.807) is 0 Å². The maximum absolute atomic E-state index is 11.7. The molecule has 0 aromatic heterocycles. The highest BCUT2D eigenvalue weighted by molar-refractivity contribution is 5.83. The summed E-state index contributed by atoms with van der Waals surface area (Å²) in [6.07, 6.45) is 16.9. The summed E-state index contributed by atoms with van der Waals surface area (Å²) in [5, 5.41) is 11.6. The Bertz CT molecular complexity index is 318. The van der Waals surface area contributed by atoms with Crippen LogP contribution in [0.15, 0.2) is 0 Å². The van der Waals surface area contributed by atoms with Crippen molar-refractivity contribution in [3.8, 4) is 0 Å².